The molecule has 0 bridgehead atoms. The van der Waals surface area contributed by atoms with Crippen LogP contribution in [0.15, 0.2) is 12.2 Å². The van der Waals surface area contributed by atoms with E-state index in [1.807, 2.05) is 0 Å². The second-order valence-electron chi connectivity index (χ2n) is 6.49. The lowest BCUT2D eigenvalue weighted by Crippen LogP contribution is -2.25. The van der Waals surface area contributed by atoms with Gasteiger partial charge in [0.15, 0.2) is 11.6 Å². The maximum atomic E-state index is 11.6. The molecule has 0 spiro atoms. The number of carbonyl (C=O) groups excluding carboxylic acids is 2. The molecular formula is C16H24O8. The quantitative estimate of drug-likeness (QED) is 0.519. The molecule has 0 saturated carbocycles. The normalized spacial score (nSPS) is 28.2. The van der Waals surface area contributed by atoms with Crippen molar-refractivity contribution in [2.45, 2.75) is 51.5 Å². The van der Waals surface area contributed by atoms with Gasteiger partial charge in [0.1, 0.15) is 25.4 Å². The lowest BCUT2D eigenvalue weighted by atomic mass is 10.4. The first-order chi connectivity index (χ1) is 11.2. The molecule has 8 heteroatoms. The minimum Gasteiger partial charge on any atom is -0.460 e. The molecule has 2 rings (SSSR count). The highest BCUT2D eigenvalue weighted by atomic mass is 16.8. The summed E-state index contributed by atoms with van der Waals surface area (Å²) in [5.74, 6) is -2.64. The molecule has 2 aliphatic rings. The molecule has 0 amide bonds. The van der Waals surface area contributed by atoms with Gasteiger partial charge in [0, 0.05) is 12.2 Å². The van der Waals surface area contributed by atoms with Gasteiger partial charge >= 0.3 is 11.9 Å². The van der Waals surface area contributed by atoms with Gasteiger partial charge in [-0.25, -0.2) is 9.59 Å². The fourth-order valence-electron chi connectivity index (χ4n) is 2.27. The molecule has 0 N–H and O–H groups in total. The minimum atomic E-state index is -0.669. The van der Waals surface area contributed by atoms with Crippen LogP contribution in [0, 0.1) is 0 Å². The first-order valence-corrected chi connectivity index (χ1v) is 7.80. The maximum Gasteiger partial charge on any atom is 0.331 e. The minimum absolute atomic E-state index is 0.0595. The summed E-state index contributed by atoms with van der Waals surface area (Å²) >= 11 is 0. The summed E-state index contributed by atoms with van der Waals surface area (Å²) < 4.78 is 31.7. The Morgan fingerprint density at radius 2 is 1.25 bits per heavy atom. The maximum absolute atomic E-state index is 11.6. The van der Waals surface area contributed by atoms with Crippen molar-refractivity contribution in [2.75, 3.05) is 26.4 Å². The molecule has 2 fully saturated rings. The van der Waals surface area contributed by atoms with Crippen LogP contribution < -0.4 is 0 Å². The Morgan fingerprint density at radius 3 is 1.54 bits per heavy atom. The molecule has 0 aromatic heterocycles. The highest BCUT2D eigenvalue weighted by molar-refractivity contribution is 5.91. The molecular weight excluding hydrogens is 320 g/mol. The molecule has 0 aromatic rings. The number of hydrogen-bond donors (Lipinski definition) is 0. The highest BCUT2D eigenvalue weighted by Crippen LogP contribution is 2.23. The lowest BCUT2D eigenvalue weighted by Gasteiger charge is -2.16. The van der Waals surface area contributed by atoms with Crippen LogP contribution in [0.1, 0.15) is 27.7 Å². The van der Waals surface area contributed by atoms with Gasteiger partial charge in [0.05, 0.1) is 13.2 Å². The number of hydrogen-bond acceptors (Lipinski definition) is 8. The monoisotopic (exact) mass is 344 g/mol. The topological polar surface area (TPSA) is 89.5 Å². The predicted molar refractivity (Wildman–Crippen MR) is 80.9 cm³/mol. The van der Waals surface area contributed by atoms with Crippen LogP contribution in [0.3, 0.4) is 0 Å². The predicted octanol–water partition coefficient (Wildman–Crippen LogP) is 0.932. The van der Waals surface area contributed by atoms with E-state index in [1.165, 1.54) is 0 Å². The molecule has 2 unspecified atom stereocenters. The highest BCUT2D eigenvalue weighted by Gasteiger charge is 2.34. The molecule has 0 aromatic carbocycles. The largest absolute Gasteiger partial charge is 0.460 e. The average molecular weight is 344 g/mol. The first-order valence-electron chi connectivity index (χ1n) is 7.80. The first kappa shape index (κ1) is 18.9. The molecule has 0 radical (unpaired) electrons. The van der Waals surface area contributed by atoms with E-state index in [-0.39, 0.29) is 25.4 Å². The summed E-state index contributed by atoms with van der Waals surface area (Å²) in [7, 11) is 0. The summed E-state index contributed by atoms with van der Waals surface area (Å²) in [5, 5.41) is 0. The summed E-state index contributed by atoms with van der Waals surface area (Å²) in [6, 6.07) is 0. The van der Waals surface area contributed by atoms with E-state index in [2.05, 4.69) is 0 Å². The Hall–Kier alpha value is -1.48. The number of esters is 2. The van der Waals surface area contributed by atoms with E-state index in [0.29, 0.717) is 13.2 Å². The fraction of sp³-hybridized carbons (Fsp3) is 0.750. The SMILES string of the molecule is CC1(C)OCC(COC(=O)/C=C\C(=O)OCC2COC(C)(C)O2)O1. The smallest absolute Gasteiger partial charge is 0.331 e. The summed E-state index contributed by atoms with van der Waals surface area (Å²) in [6.45, 7) is 7.96. The molecule has 2 aliphatic heterocycles. The van der Waals surface area contributed by atoms with Crippen molar-refractivity contribution in [2.24, 2.45) is 0 Å². The van der Waals surface area contributed by atoms with Crippen molar-refractivity contribution in [3.63, 3.8) is 0 Å². The standard InChI is InChI=1S/C16H24O8/c1-15(2)21-9-11(23-15)7-19-13(17)5-6-14(18)20-8-12-10-22-16(3,4)24-12/h5-6,11-12H,7-10H2,1-4H3/b6-5-. The molecule has 2 heterocycles. The summed E-state index contributed by atoms with van der Waals surface area (Å²) in [6.07, 6.45) is 1.40. The molecule has 2 atom stereocenters. The van der Waals surface area contributed by atoms with E-state index in [4.69, 9.17) is 28.4 Å². The second-order valence-corrected chi connectivity index (χ2v) is 6.49. The fourth-order valence-corrected chi connectivity index (χ4v) is 2.27. The zero-order chi connectivity index (χ0) is 17.8. The van der Waals surface area contributed by atoms with E-state index in [1.54, 1.807) is 27.7 Å². The number of ether oxygens (including phenoxy) is 6. The second kappa shape index (κ2) is 7.60. The number of carbonyl (C=O) groups is 2. The Morgan fingerprint density at radius 1 is 0.875 bits per heavy atom. The van der Waals surface area contributed by atoms with E-state index >= 15 is 0 Å². The van der Waals surface area contributed by atoms with E-state index < -0.39 is 23.5 Å². The zero-order valence-electron chi connectivity index (χ0n) is 14.4. The molecule has 24 heavy (non-hydrogen) atoms. The molecule has 8 nitrogen and oxygen atoms in total. The Labute approximate surface area is 141 Å². The van der Waals surface area contributed by atoms with Gasteiger partial charge in [-0.3, -0.25) is 0 Å². The Kier molecular flexibility index (Phi) is 5.97. The van der Waals surface area contributed by atoms with Crippen LogP contribution in [-0.2, 0) is 38.0 Å². The van der Waals surface area contributed by atoms with Gasteiger partial charge in [0.25, 0.3) is 0 Å². The molecule has 0 aliphatic carbocycles. The van der Waals surface area contributed by atoms with Crippen molar-refractivity contribution >= 4 is 11.9 Å². The van der Waals surface area contributed by atoms with E-state index in [0.717, 1.165) is 12.2 Å². The van der Waals surface area contributed by atoms with Gasteiger partial charge in [-0.05, 0) is 27.7 Å². The Balaban J connectivity index is 1.61. The van der Waals surface area contributed by atoms with Crippen molar-refractivity contribution in [3.8, 4) is 0 Å². The molecule has 2 saturated heterocycles. The average Bonchev–Trinajstić information content (AvgIpc) is 3.02. The van der Waals surface area contributed by atoms with Crippen LogP contribution in [0.2, 0.25) is 0 Å². The molecule has 136 valence electrons. The van der Waals surface area contributed by atoms with Crippen LogP contribution in [0.4, 0.5) is 0 Å². The Bertz CT molecular complexity index is 452. The van der Waals surface area contributed by atoms with Crippen LogP contribution in [-0.4, -0.2) is 62.1 Å². The van der Waals surface area contributed by atoms with Gasteiger partial charge in [-0.15, -0.1) is 0 Å². The number of rotatable bonds is 6. The third-order valence-electron chi connectivity index (χ3n) is 3.31. The van der Waals surface area contributed by atoms with Crippen LogP contribution in [0.25, 0.3) is 0 Å². The van der Waals surface area contributed by atoms with Crippen LogP contribution in [0.5, 0.6) is 0 Å². The van der Waals surface area contributed by atoms with Crippen molar-refractivity contribution in [1.82, 2.24) is 0 Å². The lowest BCUT2D eigenvalue weighted by molar-refractivity contribution is -0.155. The summed E-state index contributed by atoms with van der Waals surface area (Å²) in [4.78, 5) is 23.1. The van der Waals surface area contributed by atoms with Gasteiger partial charge in [0.2, 0.25) is 0 Å². The van der Waals surface area contributed by atoms with Crippen molar-refractivity contribution < 1.29 is 38.0 Å². The summed E-state index contributed by atoms with van der Waals surface area (Å²) in [5.41, 5.74) is 0. The third kappa shape index (κ3) is 6.20. The van der Waals surface area contributed by atoms with Crippen molar-refractivity contribution in [1.29, 1.82) is 0 Å². The van der Waals surface area contributed by atoms with Gasteiger partial charge < -0.3 is 28.4 Å². The van der Waals surface area contributed by atoms with Gasteiger partial charge in [-0.2, -0.15) is 0 Å². The zero-order valence-corrected chi connectivity index (χ0v) is 14.4. The van der Waals surface area contributed by atoms with E-state index in [9.17, 15) is 9.59 Å². The van der Waals surface area contributed by atoms with Crippen LogP contribution >= 0.6 is 0 Å². The van der Waals surface area contributed by atoms with Crippen molar-refractivity contribution in [3.05, 3.63) is 12.2 Å². The third-order valence-corrected chi connectivity index (χ3v) is 3.31. The van der Waals surface area contributed by atoms with Gasteiger partial charge in [-0.1, -0.05) is 0 Å².